The quantitative estimate of drug-likeness (QED) is 0.878. The highest BCUT2D eigenvalue weighted by Crippen LogP contribution is 2.29. The lowest BCUT2D eigenvalue weighted by molar-refractivity contribution is 0.466. The predicted octanol–water partition coefficient (Wildman–Crippen LogP) is 2.14. The number of sulfonamides is 1. The summed E-state index contributed by atoms with van der Waals surface area (Å²) >= 11 is 5.96. The minimum Gasteiger partial charge on any atom is -0.398 e. The Bertz CT molecular complexity index is 685. The topological polar surface area (TPSA) is 76.3 Å². The van der Waals surface area contributed by atoms with Crippen molar-refractivity contribution in [1.29, 1.82) is 0 Å². The smallest absolute Gasteiger partial charge is 0.246 e. The Labute approximate surface area is 123 Å². The largest absolute Gasteiger partial charge is 0.398 e. The first-order valence-corrected chi connectivity index (χ1v) is 7.64. The van der Waals surface area contributed by atoms with E-state index in [1.54, 1.807) is 30.6 Å². The zero-order chi connectivity index (χ0) is 14.8. The van der Waals surface area contributed by atoms with Crippen LogP contribution in [0.2, 0.25) is 5.02 Å². The molecule has 0 aliphatic carbocycles. The van der Waals surface area contributed by atoms with Crippen LogP contribution in [0, 0.1) is 0 Å². The van der Waals surface area contributed by atoms with Crippen LogP contribution >= 0.6 is 11.6 Å². The fourth-order valence-corrected chi connectivity index (χ4v) is 3.57. The molecule has 1 aromatic heterocycles. The molecule has 2 rings (SSSR count). The van der Waals surface area contributed by atoms with Gasteiger partial charge in [0.1, 0.15) is 4.90 Å². The molecular weight excluding hydrogens is 298 g/mol. The molecule has 2 N–H and O–H groups in total. The van der Waals surface area contributed by atoms with Crippen LogP contribution in [0.25, 0.3) is 0 Å². The zero-order valence-corrected chi connectivity index (χ0v) is 12.4. The van der Waals surface area contributed by atoms with Crippen LogP contribution in [-0.4, -0.2) is 24.8 Å². The molecule has 2 aromatic rings. The second kappa shape index (κ2) is 5.78. The maximum absolute atomic E-state index is 12.5. The average Bonchev–Trinajstić information content (AvgIpc) is 2.39. The molecule has 7 heteroatoms. The van der Waals surface area contributed by atoms with E-state index in [1.165, 1.54) is 23.5 Å². The van der Waals surface area contributed by atoms with Gasteiger partial charge in [-0.2, -0.15) is 4.31 Å². The lowest BCUT2D eigenvalue weighted by atomic mass is 10.3. The van der Waals surface area contributed by atoms with Crippen LogP contribution in [0.3, 0.4) is 0 Å². The molecule has 1 aromatic carbocycles. The number of pyridine rings is 1. The normalized spacial score (nSPS) is 11.8. The van der Waals surface area contributed by atoms with E-state index in [1.807, 2.05) is 0 Å². The number of rotatable bonds is 4. The highest BCUT2D eigenvalue weighted by Gasteiger charge is 2.26. The minimum atomic E-state index is -3.75. The molecule has 0 saturated heterocycles. The predicted molar refractivity (Wildman–Crippen MR) is 78.8 cm³/mol. The molecule has 0 aliphatic rings. The van der Waals surface area contributed by atoms with Crippen molar-refractivity contribution in [1.82, 2.24) is 9.29 Å². The molecule has 0 bridgehead atoms. The molecule has 0 fully saturated rings. The summed E-state index contributed by atoms with van der Waals surface area (Å²) in [6.45, 7) is 0.195. The Morgan fingerprint density at radius 2 is 2.05 bits per heavy atom. The van der Waals surface area contributed by atoms with Crippen molar-refractivity contribution in [2.75, 3.05) is 12.8 Å². The molecule has 0 spiro atoms. The number of nitrogen functional groups attached to an aromatic ring is 1. The summed E-state index contributed by atoms with van der Waals surface area (Å²) in [5.74, 6) is 0. The molecule has 20 heavy (non-hydrogen) atoms. The van der Waals surface area contributed by atoms with E-state index in [0.29, 0.717) is 0 Å². The molecule has 0 saturated carbocycles. The molecule has 106 valence electrons. The molecule has 0 aliphatic heterocycles. The van der Waals surface area contributed by atoms with E-state index in [-0.39, 0.29) is 22.2 Å². The molecular formula is C13H14ClN3O2S. The van der Waals surface area contributed by atoms with E-state index < -0.39 is 10.0 Å². The lowest BCUT2D eigenvalue weighted by Crippen LogP contribution is -2.27. The molecule has 0 amide bonds. The number of nitrogens with zero attached hydrogens (tertiary/aromatic N) is 2. The van der Waals surface area contributed by atoms with Crippen LogP contribution < -0.4 is 5.73 Å². The highest BCUT2D eigenvalue weighted by molar-refractivity contribution is 7.89. The van der Waals surface area contributed by atoms with Gasteiger partial charge >= 0.3 is 0 Å². The van der Waals surface area contributed by atoms with Gasteiger partial charge in [0.25, 0.3) is 0 Å². The van der Waals surface area contributed by atoms with Crippen LogP contribution in [0.5, 0.6) is 0 Å². The second-order valence-electron chi connectivity index (χ2n) is 4.28. The summed E-state index contributed by atoms with van der Waals surface area (Å²) in [5.41, 5.74) is 6.65. The summed E-state index contributed by atoms with van der Waals surface area (Å²) in [6, 6.07) is 8.17. The Kier molecular flexibility index (Phi) is 4.27. The standard InChI is InChI=1S/C13H14ClN3O2S/c1-17(9-10-4-3-7-16-8-10)20(18,19)13-11(14)5-2-6-12(13)15/h2-8H,9,15H2,1H3. The van der Waals surface area contributed by atoms with Gasteiger partial charge in [-0.15, -0.1) is 0 Å². The van der Waals surface area contributed by atoms with Crippen LogP contribution in [0.4, 0.5) is 5.69 Å². The SMILES string of the molecule is CN(Cc1cccnc1)S(=O)(=O)c1c(N)cccc1Cl. The summed E-state index contributed by atoms with van der Waals surface area (Å²) in [6.07, 6.45) is 3.24. The summed E-state index contributed by atoms with van der Waals surface area (Å²) in [7, 11) is -2.27. The van der Waals surface area contributed by atoms with Gasteiger partial charge in [0, 0.05) is 26.0 Å². The number of halogens is 1. The van der Waals surface area contributed by atoms with Crippen LogP contribution in [0.1, 0.15) is 5.56 Å². The summed E-state index contributed by atoms with van der Waals surface area (Å²) < 4.78 is 26.2. The molecule has 0 atom stereocenters. The number of aromatic nitrogens is 1. The molecule has 0 unspecified atom stereocenters. The van der Waals surface area contributed by atoms with Gasteiger partial charge in [-0.05, 0) is 23.8 Å². The molecule has 5 nitrogen and oxygen atoms in total. The van der Waals surface area contributed by atoms with Crippen molar-refractivity contribution < 1.29 is 8.42 Å². The van der Waals surface area contributed by atoms with Gasteiger partial charge in [0.05, 0.1) is 10.7 Å². The third-order valence-electron chi connectivity index (χ3n) is 2.79. The number of benzene rings is 1. The third-order valence-corrected chi connectivity index (χ3v) is 5.14. The van der Waals surface area contributed by atoms with E-state index in [0.717, 1.165) is 5.56 Å². The fraction of sp³-hybridized carbons (Fsp3) is 0.154. The number of nitrogens with two attached hydrogens (primary N) is 1. The maximum atomic E-state index is 12.5. The van der Waals surface area contributed by atoms with Crippen molar-refractivity contribution in [2.24, 2.45) is 0 Å². The Balaban J connectivity index is 2.35. The van der Waals surface area contributed by atoms with E-state index in [2.05, 4.69) is 4.98 Å². The van der Waals surface area contributed by atoms with E-state index in [9.17, 15) is 8.42 Å². The first-order chi connectivity index (χ1) is 9.43. The monoisotopic (exact) mass is 311 g/mol. The van der Waals surface area contributed by atoms with Gasteiger partial charge in [-0.3, -0.25) is 4.98 Å². The van der Waals surface area contributed by atoms with Crippen molar-refractivity contribution >= 4 is 27.3 Å². The van der Waals surface area contributed by atoms with Gasteiger partial charge in [-0.1, -0.05) is 23.7 Å². The van der Waals surface area contributed by atoms with Gasteiger partial charge < -0.3 is 5.73 Å². The lowest BCUT2D eigenvalue weighted by Gasteiger charge is -2.19. The zero-order valence-electron chi connectivity index (χ0n) is 10.8. The van der Waals surface area contributed by atoms with Gasteiger partial charge in [0.2, 0.25) is 10.0 Å². The van der Waals surface area contributed by atoms with Crippen LogP contribution in [-0.2, 0) is 16.6 Å². The van der Waals surface area contributed by atoms with Gasteiger partial charge in [0.15, 0.2) is 0 Å². The Morgan fingerprint density at radius 1 is 1.30 bits per heavy atom. The average molecular weight is 312 g/mol. The molecule has 1 heterocycles. The van der Waals surface area contributed by atoms with E-state index >= 15 is 0 Å². The summed E-state index contributed by atoms with van der Waals surface area (Å²) in [5, 5.41) is 0.114. The third kappa shape index (κ3) is 2.92. The number of hydrogen-bond donors (Lipinski definition) is 1. The number of hydrogen-bond acceptors (Lipinski definition) is 4. The summed E-state index contributed by atoms with van der Waals surface area (Å²) in [4.78, 5) is 3.89. The highest BCUT2D eigenvalue weighted by atomic mass is 35.5. The van der Waals surface area contributed by atoms with Crippen molar-refractivity contribution in [3.8, 4) is 0 Å². The van der Waals surface area contributed by atoms with Crippen molar-refractivity contribution in [3.63, 3.8) is 0 Å². The second-order valence-corrected chi connectivity index (χ2v) is 6.67. The minimum absolute atomic E-state index is 0.0620. The van der Waals surface area contributed by atoms with Crippen molar-refractivity contribution in [3.05, 3.63) is 53.3 Å². The maximum Gasteiger partial charge on any atom is 0.246 e. The van der Waals surface area contributed by atoms with Gasteiger partial charge in [-0.25, -0.2) is 8.42 Å². The fourth-order valence-electron chi connectivity index (χ4n) is 1.79. The van der Waals surface area contributed by atoms with Crippen molar-refractivity contribution in [2.45, 2.75) is 11.4 Å². The molecule has 0 radical (unpaired) electrons. The first kappa shape index (κ1) is 14.8. The Morgan fingerprint density at radius 3 is 2.65 bits per heavy atom. The van der Waals surface area contributed by atoms with E-state index in [4.69, 9.17) is 17.3 Å². The Hall–Kier alpha value is -1.63. The first-order valence-electron chi connectivity index (χ1n) is 5.82. The van der Waals surface area contributed by atoms with Crippen LogP contribution in [0.15, 0.2) is 47.6 Å². The number of anilines is 1.